The van der Waals surface area contributed by atoms with Crippen LogP contribution in [-0.2, 0) is 0 Å². The summed E-state index contributed by atoms with van der Waals surface area (Å²) in [5.74, 6) is -0.248. The number of amides is 1. The molecule has 17 heavy (non-hydrogen) atoms. The average molecular weight is 226 g/mol. The molecule has 0 fully saturated rings. The third-order valence-electron chi connectivity index (χ3n) is 2.36. The Morgan fingerprint density at radius 3 is 2.94 bits per heavy atom. The van der Waals surface area contributed by atoms with Gasteiger partial charge in [0.2, 0.25) is 0 Å². The average Bonchev–Trinajstić information content (AvgIpc) is 2.91. The van der Waals surface area contributed by atoms with E-state index in [2.05, 4.69) is 9.97 Å². The van der Waals surface area contributed by atoms with Crippen LogP contribution in [-0.4, -0.2) is 22.9 Å². The Hall–Kier alpha value is -2.61. The van der Waals surface area contributed by atoms with Crippen LogP contribution in [0.15, 0.2) is 36.7 Å². The second kappa shape index (κ2) is 4.49. The number of rotatable bonds is 2. The van der Waals surface area contributed by atoms with Crippen LogP contribution < -0.4 is 4.90 Å². The van der Waals surface area contributed by atoms with Crippen molar-refractivity contribution in [3.05, 3.63) is 48.0 Å². The fraction of sp³-hybridized carbons (Fsp3) is 0.0833. The van der Waals surface area contributed by atoms with E-state index in [4.69, 9.17) is 5.26 Å². The van der Waals surface area contributed by atoms with Gasteiger partial charge in [-0.3, -0.25) is 4.79 Å². The molecule has 5 heteroatoms. The predicted molar refractivity (Wildman–Crippen MR) is 62.5 cm³/mol. The highest BCUT2D eigenvalue weighted by Gasteiger charge is 2.15. The number of aromatic nitrogens is 2. The van der Waals surface area contributed by atoms with Crippen LogP contribution in [0.2, 0.25) is 0 Å². The molecule has 0 aliphatic carbocycles. The molecule has 1 N–H and O–H groups in total. The van der Waals surface area contributed by atoms with Gasteiger partial charge in [-0.05, 0) is 18.2 Å². The summed E-state index contributed by atoms with van der Waals surface area (Å²) >= 11 is 0. The highest BCUT2D eigenvalue weighted by molar-refractivity contribution is 6.04. The first-order valence-corrected chi connectivity index (χ1v) is 5.00. The molecule has 0 radical (unpaired) electrons. The monoisotopic (exact) mass is 226 g/mol. The van der Waals surface area contributed by atoms with Crippen LogP contribution in [0.5, 0.6) is 0 Å². The molecule has 0 aliphatic rings. The summed E-state index contributed by atoms with van der Waals surface area (Å²) in [6.07, 6.45) is 3.45. The zero-order valence-electron chi connectivity index (χ0n) is 9.21. The van der Waals surface area contributed by atoms with Crippen molar-refractivity contribution in [2.75, 3.05) is 11.9 Å². The lowest BCUT2D eigenvalue weighted by Crippen LogP contribution is -2.26. The zero-order valence-corrected chi connectivity index (χ0v) is 9.21. The van der Waals surface area contributed by atoms with Crippen molar-refractivity contribution in [2.45, 2.75) is 0 Å². The molecule has 1 amide bonds. The van der Waals surface area contributed by atoms with Crippen LogP contribution in [0.25, 0.3) is 0 Å². The summed E-state index contributed by atoms with van der Waals surface area (Å²) in [6, 6.07) is 8.49. The van der Waals surface area contributed by atoms with Crippen molar-refractivity contribution < 1.29 is 4.79 Å². The number of hydrogen-bond donors (Lipinski definition) is 1. The van der Waals surface area contributed by atoms with Crippen LogP contribution >= 0.6 is 0 Å². The summed E-state index contributed by atoms with van der Waals surface area (Å²) in [5, 5.41) is 8.72. The molecule has 0 spiro atoms. The highest BCUT2D eigenvalue weighted by atomic mass is 16.2. The summed E-state index contributed by atoms with van der Waals surface area (Å²) in [6.45, 7) is 0. The maximum atomic E-state index is 12.1. The predicted octanol–water partition coefficient (Wildman–Crippen LogP) is 1.56. The molecule has 0 bridgehead atoms. The summed E-state index contributed by atoms with van der Waals surface area (Å²) in [7, 11) is 1.66. The zero-order chi connectivity index (χ0) is 12.3. The van der Waals surface area contributed by atoms with Crippen LogP contribution in [0, 0.1) is 11.3 Å². The van der Waals surface area contributed by atoms with Gasteiger partial charge < -0.3 is 9.88 Å². The quantitative estimate of drug-likeness (QED) is 0.844. The minimum absolute atomic E-state index is 0.235. The lowest BCUT2D eigenvalue weighted by atomic mass is 10.3. The largest absolute Gasteiger partial charge is 0.366 e. The molecule has 2 aromatic heterocycles. The second-order valence-electron chi connectivity index (χ2n) is 3.45. The summed E-state index contributed by atoms with van der Waals surface area (Å²) in [5.41, 5.74) is 1.24. The molecule has 2 heterocycles. The molecule has 5 nitrogen and oxygen atoms in total. The van der Waals surface area contributed by atoms with Crippen molar-refractivity contribution in [1.29, 1.82) is 5.26 Å². The van der Waals surface area contributed by atoms with Crippen LogP contribution in [0.3, 0.4) is 0 Å². The number of nitrogens with one attached hydrogen (secondary N) is 1. The first kappa shape index (κ1) is 10.9. The third kappa shape index (κ3) is 2.16. The van der Waals surface area contributed by atoms with Crippen LogP contribution in [0.4, 0.5) is 5.69 Å². The SMILES string of the molecule is CN(C(=O)c1cccc(C#N)n1)c1cc[nH]c1. The van der Waals surface area contributed by atoms with Gasteiger partial charge in [0.1, 0.15) is 17.5 Å². The number of pyridine rings is 1. The number of carbonyl (C=O) groups is 1. The molecular weight excluding hydrogens is 216 g/mol. The Balaban J connectivity index is 2.28. The van der Waals surface area contributed by atoms with E-state index in [1.165, 1.54) is 4.90 Å². The number of aromatic amines is 1. The number of H-pyrrole nitrogens is 1. The summed E-state index contributed by atoms with van der Waals surface area (Å²) in [4.78, 5) is 20.4. The third-order valence-corrected chi connectivity index (χ3v) is 2.36. The minimum Gasteiger partial charge on any atom is -0.366 e. The molecule has 2 rings (SSSR count). The lowest BCUT2D eigenvalue weighted by molar-refractivity contribution is 0.0988. The molecule has 0 aromatic carbocycles. The molecule has 0 aliphatic heterocycles. The Morgan fingerprint density at radius 2 is 2.29 bits per heavy atom. The second-order valence-corrected chi connectivity index (χ2v) is 3.45. The van der Waals surface area contributed by atoms with E-state index in [-0.39, 0.29) is 17.3 Å². The van der Waals surface area contributed by atoms with Crippen molar-refractivity contribution in [1.82, 2.24) is 9.97 Å². The Morgan fingerprint density at radius 1 is 1.47 bits per heavy atom. The molecule has 2 aromatic rings. The fourth-order valence-electron chi connectivity index (χ4n) is 1.43. The number of nitrogens with zero attached hydrogens (tertiary/aromatic N) is 3. The minimum atomic E-state index is -0.248. The molecule has 84 valence electrons. The summed E-state index contributed by atoms with van der Waals surface area (Å²) < 4.78 is 0. The van der Waals surface area contributed by atoms with Crippen molar-refractivity contribution in [2.24, 2.45) is 0 Å². The van der Waals surface area contributed by atoms with E-state index in [1.807, 2.05) is 6.07 Å². The Labute approximate surface area is 98.3 Å². The first-order chi connectivity index (χ1) is 8.22. The molecule has 0 atom stereocenters. The fourth-order valence-corrected chi connectivity index (χ4v) is 1.43. The lowest BCUT2D eigenvalue weighted by Gasteiger charge is -2.14. The smallest absolute Gasteiger partial charge is 0.276 e. The van der Waals surface area contributed by atoms with E-state index < -0.39 is 0 Å². The van der Waals surface area contributed by atoms with Crippen molar-refractivity contribution >= 4 is 11.6 Å². The van der Waals surface area contributed by atoms with Gasteiger partial charge in [0.15, 0.2) is 0 Å². The normalized spacial score (nSPS) is 9.65. The van der Waals surface area contributed by atoms with Gasteiger partial charge in [-0.2, -0.15) is 5.26 Å². The van der Waals surface area contributed by atoms with Gasteiger partial charge in [0.25, 0.3) is 5.91 Å². The van der Waals surface area contributed by atoms with Crippen molar-refractivity contribution in [3.8, 4) is 6.07 Å². The van der Waals surface area contributed by atoms with E-state index in [1.54, 1.807) is 43.7 Å². The van der Waals surface area contributed by atoms with E-state index in [0.29, 0.717) is 0 Å². The van der Waals surface area contributed by atoms with Gasteiger partial charge >= 0.3 is 0 Å². The van der Waals surface area contributed by atoms with Gasteiger partial charge in [-0.25, -0.2) is 4.98 Å². The standard InChI is InChI=1S/C12H10N4O/c1-16(10-5-6-14-8-10)12(17)11-4-2-3-9(7-13)15-11/h2-6,8,14H,1H3. The van der Waals surface area contributed by atoms with Crippen molar-refractivity contribution in [3.63, 3.8) is 0 Å². The molecule has 0 unspecified atom stereocenters. The Bertz CT molecular complexity index is 568. The topological polar surface area (TPSA) is 72.8 Å². The van der Waals surface area contributed by atoms with Gasteiger partial charge in [-0.15, -0.1) is 0 Å². The Kier molecular flexibility index (Phi) is 2.88. The van der Waals surface area contributed by atoms with E-state index >= 15 is 0 Å². The maximum absolute atomic E-state index is 12.1. The molecule has 0 saturated carbocycles. The number of anilines is 1. The van der Waals surface area contributed by atoms with E-state index in [9.17, 15) is 4.79 Å². The van der Waals surface area contributed by atoms with E-state index in [0.717, 1.165) is 5.69 Å². The number of nitriles is 1. The number of hydrogen-bond acceptors (Lipinski definition) is 3. The first-order valence-electron chi connectivity index (χ1n) is 5.00. The maximum Gasteiger partial charge on any atom is 0.276 e. The molecular formula is C12H10N4O. The van der Waals surface area contributed by atoms with Gasteiger partial charge in [0.05, 0.1) is 5.69 Å². The van der Waals surface area contributed by atoms with Gasteiger partial charge in [-0.1, -0.05) is 6.07 Å². The van der Waals surface area contributed by atoms with Gasteiger partial charge in [0, 0.05) is 19.4 Å². The van der Waals surface area contributed by atoms with Crippen LogP contribution in [0.1, 0.15) is 16.2 Å². The highest BCUT2D eigenvalue weighted by Crippen LogP contribution is 2.13. The molecule has 0 saturated heterocycles. The number of carbonyl (C=O) groups excluding carboxylic acids is 1.